The molecular formula is C40H43NO5. The Morgan fingerprint density at radius 1 is 0.826 bits per heavy atom. The van der Waals surface area contributed by atoms with Crippen LogP contribution in [0.1, 0.15) is 77.9 Å². The summed E-state index contributed by atoms with van der Waals surface area (Å²) in [5.74, 6) is -0.0294. The lowest BCUT2D eigenvalue weighted by molar-refractivity contribution is -0.132. The lowest BCUT2D eigenvalue weighted by Crippen LogP contribution is -2.11. The van der Waals surface area contributed by atoms with Crippen molar-refractivity contribution in [2.45, 2.75) is 59.0 Å². The number of hydrogen-bond donors (Lipinski definition) is 1. The molecular weight excluding hydrogens is 574 g/mol. The molecule has 0 heterocycles. The number of aliphatic imine (C=N–C) groups is 1. The van der Waals surface area contributed by atoms with E-state index in [0.717, 1.165) is 52.8 Å². The molecule has 0 aromatic heterocycles. The zero-order valence-corrected chi connectivity index (χ0v) is 27.3. The molecule has 238 valence electrons. The fourth-order valence-corrected chi connectivity index (χ4v) is 5.14. The molecule has 0 aliphatic rings. The summed E-state index contributed by atoms with van der Waals surface area (Å²) < 4.78 is 11.5. The minimum atomic E-state index is -0.927. The molecule has 0 amide bonds. The summed E-state index contributed by atoms with van der Waals surface area (Å²) in [5, 5.41) is 9.26. The van der Waals surface area contributed by atoms with E-state index in [1.165, 1.54) is 12.5 Å². The molecule has 4 aromatic carbocycles. The van der Waals surface area contributed by atoms with Gasteiger partial charge in [0.25, 0.3) is 0 Å². The molecule has 0 saturated carbocycles. The zero-order chi connectivity index (χ0) is 33.1. The Hall–Kier alpha value is -4.97. The van der Waals surface area contributed by atoms with Crippen LogP contribution in [0, 0.1) is 5.92 Å². The number of rotatable bonds is 12. The van der Waals surface area contributed by atoms with Crippen molar-refractivity contribution in [1.29, 1.82) is 0 Å². The van der Waals surface area contributed by atoms with E-state index in [9.17, 15) is 14.7 Å². The molecule has 1 unspecified atom stereocenters. The van der Waals surface area contributed by atoms with Crippen molar-refractivity contribution in [3.8, 4) is 5.75 Å². The first-order valence-corrected chi connectivity index (χ1v) is 15.6. The van der Waals surface area contributed by atoms with Gasteiger partial charge in [-0.2, -0.15) is 0 Å². The molecule has 1 N–H and O–H groups in total. The van der Waals surface area contributed by atoms with Crippen LogP contribution in [0.25, 0.3) is 6.08 Å². The van der Waals surface area contributed by atoms with Gasteiger partial charge < -0.3 is 14.6 Å². The van der Waals surface area contributed by atoms with Crippen LogP contribution in [-0.4, -0.2) is 30.0 Å². The van der Waals surface area contributed by atoms with Crippen LogP contribution >= 0.6 is 0 Å². The third-order valence-corrected chi connectivity index (χ3v) is 7.83. The maximum Gasteiger partial charge on any atom is 0.335 e. The summed E-state index contributed by atoms with van der Waals surface area (Å²) in [6.45, 7) is 8.47. The molecule has 0 fully saturated rings. The van der Waals surface area contributed by atoms with E-state index in [0.29, 0.717) is 12.5 Å². The average molecular weight is 618 g/mol. The van der Waals surface area contributed by atoms with E-state index < -0.39 is 11.9 Å². The van der Waals surface area contributed by atoms with Crippen molar-refractivity contribution in [3.05, 3.63) is 142 Å². The van der Waals surface area contributed by atoms with Crippen LogP contribution in [0.3, 0.4) is 0 Å². The standard InChI is InChI=1S/C40H43NO5/c1-28(42)46-38(41-5)34-20-15-31(16-21-34)26-30(11-10-29-12-22-35(23-13-29)39(43)44)14-19-33-8-6-7-9-37(33)45-27-32-17-24-36(25-18-32)40(2,3)4/h6-9,12-25,30H,10-11,26-27H2,1-5H3,(H,43,44)/b19-14+,41-38?. The normalized spacial score (nSPS) is 12.6. The number of hydrogen-bond acceptors (Lipinski definition) is 5. The molecule has 0 bridgehead atoms. The second-order valence-corrected chi connectivity index (χ2v) is 12.5. The topological polar surface area (TPSA) is 85.2 Å². The molecule has 0 aliphatic heterocycles. The molecule has 1 atom stereocenters. The van der Waals surface area contributed by atoms with Crippen molar-refractivity contribution < 1.29 is 24.2 Å². The van der Waals surface area contributed by atoms with E-state index in [-0.39, 0.29) is 16.9 Å². The Morgan fingerprint density at radius 3 is 2.04 bits per heavy atom. The lowest BCUT2D eigenvalue weighted by atomic mass is 9.87. The highest BCUT2D eigenvalue weighted by Gasteiger charge is 2.14. The number of carboxylic acid groups (broad SMARTS) is 1. The Morgan fingerprint density at radius 2 is 1.43 bits per heavy atom. The van der Waals surface area contributed by atoms with Gasteiger partial charge in [0.2, 0.25) is 5.90 Å². The van der Waals surface area contributed by atoms with Gasteiger partial charge in [-0.05, 0) is 83.2 Å². The molecule has 6 heteroatoms. The summed E-state index contributed by atoms with van der Waals surface area (Å²) in [6, 6.07) is 31.6. The van der Waals surface area contributed by atoms with E-state index in [1.54, 1.807) is 19.2 Å². The highest BCUT2D eigenvalue weighted by Crippen LogP contribution is 2.26. The number of nitrogens with zero attached hydrogens (tertiary/aromatic N) is 1. The number of carbonyl (C=O) groups is 2. The Labute approximate surface area is 272 Å². The van der Waals surface area contributed by atoms with Crippen LogP contribution in [0.4, 0.5) is 0 Å². The van der Waals surface area contributed by atoms with E-state index >= 15 is 0 Å². The number of carboxylic acids is 1. The second-order valence-electron chi connectivity index (χ2n) is 12.5. The predicted octanol–water partition coefficient (Wildman–Crippen LogP) is 8.71. The van der Waals surface area contributed by atoms with Crippen molar-refractivity contribution in [2.24, 2.45) is 10.9 Å². The van der Waals surface area contributed by atoms with Gasteiger partial charge >= 0.3 is 11.9 Å². The lowest BCUT2D eigenvalue weighted by Gasteiger charge is -2.19. The van der Waals surface area contributed by atoms with Gasteiger partial charge in [0, 0.05) is 25.1 Å². The Kier molecular flexibility index (Phi) is 11.7. The molecule has 46 heavy (non-hydrogen) atoms. The highest BCUT2D eigenvalue weighted by molar-refractivity contribution is 6.00. The number of aryl methyl sites for hydroxylation is 1. The Bertz CT molecular complexity index is 1660. The fraction of sp³-hybridized carbons (Fsp3) is 0.275. The quantitative estimate of drug-likeness (QED) is 0.0977. The van der Waals surface area contributed by atoms with Gasteiger partial charge in [-0.3, -0.25) is 9.79 Å². The smallest absolute Gasteiger partial charge is 0.335 e. The molecule has 6 nitrogen and oxygen atoms in total. The minimum absolute atomic E-state index is 0.105. The summed E-state index contributed by atoms with van der Waals surface area (Å²) >= 11 is 0. The van der Waals surface area contributed by atoms with Crippen molar-refractivity contribution in [3.63, 3.8) is 0 Å². The fourth-order valence-electron chi connectivity index (χ4n) is 5.14. The SMILES string of the molecule is CN=C(OC(C)=O)c1ccc(CC(/C=C/c2ccccc2OCc2ccc(C(C)(C)C)cc2)CCc2ccc(C(=O)O)cc2)cc1. The van der Waals surface area contributed by atoms with Crippen molar-refractivity contribution in [2.75, 3.05) is 7.05 Å². The summed E-state index contributed by atoms with van der Waals surface area (Å²) in [4.78, 5) is 26.9. The number of esters is 1. The maximum absolute atomic E-state index is 11.5. The maximum atomic E-state index is 11.5. The third kappa shape index (κ3) is 10.0. The van der Waals surface area contributed by atoms with Gasteiger partial charge in [0.05, 0.1) is 5.56 Å². The van der Waals surface area contributed by atoms with Crippen LogP contribution in [0.2, 0.25) is 0 Å². The Balaban J connectivity index is 1.51. The van der Waals surface area contributed by atoms with Gasteiger partial charge in [-0.25, -0.2) is 4.79 Å². The first kappa shape index (κ1) is 33.9. The molecule has 4 rings (SSSR count). The zero-order valence-electron chi connectivity index (χ0n) is 27.3. The second kappa shape index (κ2) is 15.8. The van der Waals surface area contributed by atoms with Gasteiger partial charge in [-0.1, -0.05) is 99.7 Å². The molecule has 4 aromatic rings. The third-order valence-electron chi connectivity index (χ3n) is 7.83. The van der Waals surface area contributed by atoms with E-state index in [1.807, 2.05) is 54.6 Å². The number of carbonyl (C=O) groups excluding carboxylic acids is 1. The average Bonchev–Trinajstić information content (AvgIpc) is 3.04. The largest absolute Gasteiger partial charge is 0.488 e. The van der Waals surface area contributed by atoms with Gasteiger partial charge in [-0.15, -0.1) is 0 Å². The summed E-state index contributed by atoms with van der Waals surface area (Å²) in [5.41, 5.74) is 6.77. The van der Waals surface area contributed by atoms with E-state index in [2.05, 4.69) is 68.2 Å². The van der Waals surface area contributed by atoms with Gasteiger partial charge in [0.15, 0.2) is 0 Å². The highest BCUT2D eigenvalue weighted by atomic mass is 16.5. The first-order valence-electron chi connectivity index (χ1n) is 15.6. The van der Waals surface area contributed by atoms with Gasteiger partial charge in [0.1, 0.15) is 12.4 Å². The first-order chi connectivity index (χ1) is 22.0. The molecule has 0 aliphatic carbocycles. The number of benzene rings is 4. The van der Waals surface area contributed by atoms with Crippen molar-refractivity contribution in [1.82, 2.24) is 0 Å². The summed E-state index contributed by atoms with van der Waals surface area (Å²) in [6.07, 6.45) is 6.82. The number of para-hydroxylation sites is 1. The van der Waals surface area contributed by atoms with Crippen molar-refractivity contribution >= 4 is 23.9 Å². The number of allylic oxidation sites excluding steroid dienone is 1. The number of aromatic carboxylic acids is 1. The van der Waals surface area contributed by atoms with Crippen LogP contribution in [0.15, 0.2) is 108 Å². The van der Waals surface area contributed by atoms with Crippen LogP contribution < -0.4 is 4.74 Å². The van der Waals surface area contributed by atoms with Crippen LogP contribution in [-0.2, 0) is 34.4 Å². The van der Waals surface area contributed by atoms with Crippen LogP contribution in [0.5, 0.6) is 5.75 Å². The monoisotopic (exact) mass is 617 g/mol. The minimum Gasteiger partial charge on any atom is -0.488 e. The summed E-state index contributed by atoms with van der Waals surface area (Å²) in [7, 11) is 1.60. The molecule has 0 spiro atoms. The molecule has 0 radical (unpaired) electrons. The predicted molar refractivity (Wildman–Crippen MR) is 185 cm³/mol. The number of ether oxygens (including phenoxy) is 2. The van der Waals surface area contributed by atoms with E-state index in [4.69, 9.17) is 9.47 Å². The molecule has 0 saturated heterocycles.